The first kappa shape index (κ1) is 16.3. The molecule has 0 radical (unpaired) electrons. The van der Waals surface area contributed by atoms with Gasteiger partial charge in [0.1, 0.15) is 11.5 Å². The van der Waals surface area contributed by atoms with Gasteiger partial charge in [0.15, 0.2) is 5.65 Å². The van der Waals surface area contributed by atoms with Crippen molar-refractivity contribution in [3.05, 3.63) is 48.2 Å². The van der Waals surface area contributed by atoms with Gasteiger partial charge < -0.3 is 15.4 Å². The number of hydrogen-bond donors (Lipinski definition) is 3. The molecule has 1 aliphatic carbocycles. The average molecular weight is 361 g/mol. The van der Waals surface area contributed by atoms with Crippen LogP contribution in [0.15, 0.2) is 42.6 Å². The van der Waals surface area contributed by atoms with Gasteiger partial charge in [0, 0.05) is 16.9 Å². The molecule has 27 heavy (non-hydrogen) atoms. The number of fused-ring (bicyclic) bond motifs is 2. The minimum atomic E-state index is -0.149. The smallest absolute Gasteiger partial charge is 0.154 e. The number of nitrogens with zero attached hydrogens (tertiary/aromatic N) is 3. The van der Waals surface area contributed by atoms with Crippen molar-refractivity contribution in [3.8, 4) is 11.4 Å². The summed E-state index contributed by atoms with van der Waals surface area (Å²) in [4.78, 5) is 7.99. The molecule has 138 valence electrons. The molecule has 0 amide bonds. The van der Waals surface area contributed by atoms with E-state index in [1.54, 1.807) is 0 Å². The Hall–Kier alpha value is -2.86. The van der Waals surface area contributed by atoms with Crippen LogP contribution in [0.2, 0.25) is 0 Å². The quantitative estimate of drug-likeness (QED) is 0.517. The number of H-pyrrole nitrogens is 1. The fourth-order valence-electron chi connectivity index (χ4n) is 3.94. The second-order valence-corrected chi connectivity index (χ2v) is 7.56. The number of aromatic nitrogens is 4. The third kappa shape index (κ3) is 3.06. The standard InChI is InChI=1S/C21H23N5O/c1-13-2-3-14-11-18(24-17(14)10-13)19-12-22-21-9-8-20(25-26(19)21)23-15-4-6-16(27)7-5-15/h2-3,8-12,15-16,24,27H,4-7H2,1H3,(H,23,25). The van der Waals surface area contributed by atoms with Crippen LogP contribution >= 0.6 is 0 Å². The summed E-state index contributed by atoms with van der Waals surface area (Å²) in [6, 6.07) is 12.9. The van der Waals surface area contributed by atoms with E-state index in [-0.39, 0.29) is 6.10 Å². The van der Waals surface area contributed by atoms with Crippen LogP contribution in [-0.2, 0) is 0 Å². The van der Waals surface area contributed by atoms with E-state index in [2.05, 4.69) is 46.5 Å². The number of aromatic amines is 1. The summed E-state index contributed by atoms with van der Waals surface area (Å²) in [5.74, 6) is 0.843. The van der Waals surface area contributed by atoms with Crippen LogP contribution in [0, 0.1) is 6.92 Å². The Morgan fingerprint density at radius 2 is 1.96 bits per heavy atom. The molecule has 6 nitrogen and oxygen atoms in total. The molecule has 4 aromatic rings. The summed E-state index contributed by atoms with van der Waals surface area (Å²) >= 11 is 0. The van der Waals surface area contributed by atoms with Crippen LogP contribution in [0.5, 0.6) is 0 Å². The molecule has 0 bridgehead atoms. The summed E-state index contributed by atoms with van der Waals surface area (Å²) in [6.07, 6.45) is 5.36. The van der Waals surface area contributed by atoms with Gasteiger partial charge in [-0.2, -0.15) is 0 Å². The monoisotopic (exact) mass is 361 g/mol. The minimum Gasteiger partial charge on any atom is -0.393 e. The van der Waals surface area contributed by atoms with Crippen LogP contribution < -0.4 is 5.32 Å². The molecule has 3 heterocycles. The van der Waals surface area contributed by atoms with Crippen molar-refractivity contribution >= 4 is 22.4 Å². The molecular formula is C21H23N5O. The molecule has 1 fully saturated rings. The highest BCUT2D eigenvalue weighted by Gasteiger charge is 2.20. The molecule has 1 aliphatic rings. The van der Waals surface area contributed by atoms with Crippen LogP contribution in [0.1, 0.15) is 31.2 Å². The maximum Gasteiger partial charge on any atom is 0.154 e. The number of hydrogen-bond acceptors (Lipinski definition) is 4. The van der Waals surface area contributed by atoms with Gasteiger partial charge in [-0.05, 0) is 62.4 Å². The molecule has 0 spiro atoms. The number of rotatable bonds is 3. The molecule has 3 N–H and O–H groups in total. The summed E-state index contributed by atoms with van der Waals surface area (Å²) in [5.41, 5.74) is 5.13. The third-order valence-corrected chi connectivity index (χ3v) is 5.46. The first-order chi connectivity index (χ1) is 13.2. The van der Waals surface area contributed by atoms with E-state index in [0.29, 0.717) is 6.04 Å². The summed E-state index contributed by atoms with van der Waals surface area (Å²) in [6.45, 7) is 2.10. The minimum absolute atomic E-state index is 0.149. The van der Waals surface area contributed by atoms with Crippen LogP contribution in [0.4, 0.5) is 5.82 Å². The summed E-state index contributed by atoms with van der Waals surface area (Å²) in [5, 5.41) is 19.2. The predicted molar refractivity (Wildman–Crippen MR) is 107 cm³/mol. The number of nitrogens with one attached hydrogen (secondary N) is 2. The van der Waals surface area contributed by atoms with Crippen LogP contribution in [0.3, 0.4) is 0 Å². The lowest BCUT2D eigenvalue weighted by atomic mass is 9.93. The van der Waals surface area contributed by atoms with Crippen molar-refractivity contribution < 1.29 is 5.11 Å². The van der Waals surface area contributed by atoms with Crippen molar-refractivity contribution in [1.82, 2.24) is 19.6 Å². The number of aliphatic hydroxyl groups is 1. The van der Waals surface area contributed by atoms with Gasteiger partial charge in [0.2, 0.25) is 0 Å². The molecule has 0 atom stereocenters. The van der Waals surface area contributed by atoms with E-state index in [1.807, 2.05) is 22.8 Å². The van der Waals surface area contributed by atoms with Gasteiger partial charge in [-0.15, -0.1) is 5.10 Å². The largest absolute Gasteiger partial charge is 0.393 e. The average Bonchev–Trinajstić information content (AvgIpc) is 3.26. The van der Waals surface area contributed by atoms with Gasteiger partial charge in [-0.25, -0.2) is 9.50 Å². The van der Waals surface area contributed by atoms with Gasteiger partial charge in [0.05, 0.1) is 18.0 Å². The summed E-state index contributed by atoms with van der Waals surface area (Å²) in [7, 11) is 0. The van der Waals surface area contributed by atoms with E-state index in [9.17, 15) is 5.11 Å². The molecule has 0 aliphatic heterocycles. The molecule has 0 saturated heterocycles. The van der Waals surface area contributed by atoms with Crippen molar-refractivity contribution in [2.24, 2.45) is 0 Å². The van der Waals surface area contributed by atoms with Crippen molar-refractivity contribution in [1.29, 1.82) is 0 Å². The first-order valence-corrected chi connectivity index (χ1v) is 9.55. The molecule has 3 aromatic heterocycles. The lowest BCUT2D eigenvalue weighted by Crippen LogP contribution is -2.28. The fraction of sp³-hybridized carbons (Fsp3) is 0.333. The van der Waals surface area contributed by atoms with Crippen LogP contribution in [-0.4, -0.2) is 36.8 Å². The molecule has 1 saturated carbocycles. The zero-order valence-electron chi connectivity index (χ0n) is 15.3. The maximum atomic E-state index is 9.69. The third-order valence-electron chi connectivity index (χ3n) is 5.46. The normalized spacial score (nSPS) is 20.4. The number of aliphatic hydroxyl groups excluding tert-OH is 1. The molecule has 0 unspecified atom stereocenters. The number of benzene rings is 1. The highest BCUT2D eigenvalue weighted by molar-refractivity contribution is 5.86. The van der Waals surface area contributed by atoms with E-state index < -0.39 is 0 Å². The van der Waals surface area contributed by atoms with Crippen molar-refractivity contribution in [3.63, 3.8) is 0 Å². The highest BCUT2D eigenvalue weighted by atomic mass is 16.3. The number of imidazole rings is 1. The molecule has 5 rings (SSSR count). The number of anilines is 1. The zero-order chi connectivity index (χ0) is 18.4. The zero-order valence-corrected chi connectivity index (χ0v) is 15.3. The second kappa shape index (κ2) is 6.39. The first-order valence-electron chi connectivity index (χ1n) is 9.55. The summed E-state index contributed by atoms with van der Waals surface area (Å²) < 4.78 is 1.89. The lowest BCUT2D eigenvalue weighted by Gasteiger charge is -2.26. The number of aryl methyl sites for hydroxylation is 1. The Bertz CT molecular complexity index is 1100. The topological polar surface area (TPSA) is 78.2 Å². The Kier molecular flexibility index (Phi) is 3.86. The Labute approximate surface area is 157 Å². The molecule has 6 heteroatoms. The SMILES string of the molecule is Cc1ccc2cc(-c3cnc4ccc(NC5CCC(O)CC5)nn34)[nH]c2c1. The van der Waals surface area contributed by atoms with Gasteiger partial charge in [-0.1, -0.05) is 12.1 Å². The maximum absolute atomic E-state index is 9.69. The fourth-order valence-corrected chi connectivity index (χ4v) is 3.94. The van der Waals surface area contributed by atoms with Crippen molar-refractivity contribution in [2.75, 3.05) is 5.32 Å². The highest BCUT2D eigenvalue weighted by Crippen LogP contribution is 2.26. The van der Waals surface area contributed by atoms with E-state index >= 15 is 0 Å². The van der Waals surface area contributed by atoms with E-state index in [1.165, 1.54) is 10.9 Å². The van der Waals surface area contributed by atoms with Gasteiger partial charge in [0.25, 0.3) is 0 Å². The molecular weight excluding hydrogens is 338 g/mol. The van der Waals surface area contributed by atoms with E-state index in [0.717, 1.165) is 54.1 Å². The Balaban J connectivity index is 1.49. The van der Waals surface area contributed by atoms with E-state index in [4.69, 9.17) is 5.10 Å². The Morgan fingerprint density at radius 3 is 2.81 bits per heavy atom. The Morgan fingerprint density at radius 1 is 1.11 bits per heavy atom. The lowest BCUT2D eigenvalue weighted by molar-refractivity contribution is 0.126. The van der Waals surface area contributed by atoms with Gasteiger partial charge >= 0.3 is 0 Å². The molecule has 1 aromatic carbocycles. The van der Waals surface area contributed by atoms with Crippen molar-refractivity contribution in [2.45, 2.75) is 44.8 Å². The predicted octanol–water partition coefficient (Wildman–Crippen LogP) is 3.90. The van der Waals surface area contributed by atoms with Gasteiger partial charge in [-0.3, -0.25) is 0 Å². The van der Waals surface area contributed by atoms with Crippen LogP contribution in [0.25, 0.3) is 27.9 Å². The second-order valence-electron chi connectivity index (χ2n) is 7.56.